The summed E-state index contributed by atoms with van der Waals surface area (Å²) in [5.41, 5.74) is 2.12. The Labute approximate surface area is 146 Å². The van der Waals surface area contributed by atoms with Crippen LogP contribution in [0.5, 0.6) is 0 Å². The number of benzene rings is 1. The number of rotatable bonds is 3. The van der Waals surface area contributed by atoms with Gasteiger partial charge in [-0.05, 0) is 45.4 Å². The van der Waals surface area contributed by atoms with Crippen LogP contribution >= 0.6 is 0 Å². The lowest BCUT2D eigenvalue weighted by molar-refractivity contribution is 0.102. The smallest absolute Gasteiger partial charge is 0.256 e. The van der Waals surface area contributed by atoms with Crippen molar-refractivity contribution in [2.75, 3.05) is 10.6 Å². The zero-order valence-corrected chi connectivity index (χ0v) is 14.8. The molecular formula is C19H21N5O. The summed E-state index contributed by atoms with van der Waals surface area (Å²) in [5, 5.41) is 6.81. The highest BCUT2D eigenvalue weighted by molar-refractivity contribution is 6.07. The van der Waals surface area contributed by atoms with Crippen molar-refractivity contribution < 1.29 is 4.79 Å². The molecule has 2 heterocycles. The molecule has 6 heteroatoms. The van der Waals surface area contributed by atoms with Crippen LogP contribution in [0.25, 0.3) is 10.9 Å². The lowest BCUT2D eigenvalue weighted by Crippen LogP contribution is -2.27. The van der Waals surface area contributed by atoms with E-state index in [1.165, 1.54) is 0 Å². The molecule has 2 N–H and O–H groups in total. The first-order valence-electron chi connectivity index (χ1n) is 8.10. The molecule has 3 rings (SSSR count). The summed E-state index contributed by atoms with van der Waals surface area (Å²) in [4.78, 5) is 25.7. The van der Waals surface area contributed by atoms with Gasteiger partial charge in [0.25, 0.3) is 5.91 Å². The standard InChI is InChI=1S/C19H21N5O/c1-12-10-20-16(23-17(25)13-8-6-5-7-9-13)14-11-21-18(22-15(12)14)24-19(2,3)4/h5-11H,1-4H3,(H,20,23,25)(H,21,22,24). The molecule has 25 heavy (non-hydrogen) atoms. The van der Waals surface area contributed by atoms with Gasteiger partial charge in [-0.15, -0.1) is 0 Å². The Morgan fingerprint density at radius 1 is 1.04 bits per heavy atom. The van der Waals surface area contributed by atoms with Gasteiger partial charge in [-0.1, -0.05) is 18.2 Å². The van der Waals surface area contributed by atoms with Crippen molar-refractivity contribution >= 4 is 28.6 Å². The predicted octanol–water partition coefficient (Wildman–Crippen LogP) is 3.80. The van der Waals surface area contributed by atoms with Crippen LogP contribution in [0.2, 0.25) is 0 Å². The maximum absolute atomic E-state index is 12.4. The van der Waals surface area contributed by atoms with E-state index in [4.69, 9.17) is 0 Å². The first-order chi connectivity index (χ1) is 11.8. The maximum atomic E-state index is 12.4. The van der Waals surface area contributed by atoms with Crippen molar-refractivity contribution in [3.8, 4) is 0 Å². The van der Waals surface area contributed by atoms with Crippen LogP contribution < -0.4 is 10.6 Å². The van der Waals surface area contributed by atoms with E-state index in [0.29, 0.717) is 22.7 Å². The van der Waals surface area contributed by atoms with Crippen molar-refractivity contribution in [3.63, 3.8) is 0 Å². The quantitative estimate of drug-likeness (QED) is 0.761. The first-order valence-corrected chi connectivity index (χ1v) is 8.10. The number of nitrogens with zero attached hydrogens (tertiary/aromatic N) is 3. The summed E-state index contributed by atoms with van der Waals surface area (Å²) in [6.45, 7) is 8.08. The summed E-state index contributed by atoms with van der Waals surface area (Å²) in [7, 11) is 0. The Bertz CT molecular complexity index is 916. The summed E-state index contributed by atoms with van der Waals surface area (Å²) in [6, 6.07) is 9.03. The second-order valence-corrected chi connectivity index (χ2v) is 6.94. The fourth-order valence-electron chi connectivity index (χ4n) is 2.41. The summed E-state index contributed by atoms with van der Waals surface area (Å²) >= 11 is 0. The van der Waals surface area contributed by atoms with Crippen LogP contribution in [0.15, 0.2) is 42.7 Å². The number of hydrogen-bond acceptors (Lipinski definition) is 5. The van der Waals surface area contributed by atoms with Crippen LogP contribution in [0.3, 0.4) is 0 Å². The van der Waals surface area contributed by atoms with Gasteiger partial charge in [-0.2, -0.15) is 0 Å². The minimum atomic E-state index is -0.213. The van der Waals surface area contributed by atoms with Crippen LogP contribution in [0, 0.1) is 6.92 Å². The molecule has 0 fully saturated rings. The second kappa shape index (κ2) is 6.47. The number of carbonyl (C=O) groups excluding carboxylic acids is 1. The molecule has 0 radical (unpaired) electrons. The number of amides is 1. The number of aromatic nitrogens is 3. The third-order valence-electron chi connectivity index (χ3n) is 3.56. The Hall–Kier alpha value is -3.02. The third-order valence-corrected chi connectivity index (χ3v) is 3.56. The number of carbonyl (C=O) groups is 1. The Balaban J connectivity index is 1.97. The second-order valence-electron chi connectivity index (χ2n) is 6.94. The number of anilines is 2. The molecule has 1 amide bonds. The van der Waals surface area contributed by atoms with Crippen LogP contribution in [0.1, 0.15) is 36.7 Å². The average molecular weight is 335 g/mol. The highest BCUT2D eigenvalue weighted by Gasteiger charge is 2.15. The summed E-state index contributed by atoms with van der Waals surface area (Å²) in [6.07, 6.45) is 3.40. The van der Waals surface area contributed by atoms with Gasteiger partial charge >= 0.3 is 0 Å². The summed E-state index contributed by atoms with van der Waals surface area (Å²) < 4.78 is 0. The SMILES string of the molecule is Cc1cnc(NC(=O)c2ccccc2)c2cnc(NC(C)(C)C)nc12. The fourth-order valence-corrected chi connectivity index (χ4v) is 2.41. The van der Waals surface area contributed by atoms with Crippen molar-refractivity contribution in [2.24, 2.45) is 0 Å². The van der Waals surface area contributed by atoms with Gasteiger partial charge in [0.2, 0.25) is 5.95 Å². The van der Waals surface area contributed by atoms with Gasteiger partial charge in [0, 0.05) is 23.5 Å². The zero-order chi connectivity index (χ0) is 18.0. The molecule has 128 valence electrons. The Morgan fingerprint density at radius 3 is 2.44 bits per heavy atom. The lowest BCUT2D eigenvalue weighted by Gasteiger charge is -2.20. The van der Waals surface area contributed by atoms with Gasteiger partial charge < -0.3 is 10.6 Å². The van der Waals surface area contributed by atoms with E-state index in [9.17, 15) is 4.79 Å². The van der Waals surface area contributed by atoms with Crippen molar-refractivity contribution in [3.05, 3.63) is 53.9 Å². The number of pyridine rings is 1. The van der Waals surface area contributed by atoms with Gasteiger partial charge in [-0.3, -0.25) is 4.79 Å². The molecule has 0 bridgehead atoms. The minimum Gasteiger partial charge on any atom is -0.350 e. The van der Waals surface area contributed by atoms with Gasteiger partial charge in [-0.25, -0.2) is 15.0 Å². The lowest BCUT2D eigenvalue weighted by atomic mass is 10.1. The van der Waals surface area contributed by atoms with Crippen molar-refractivity contribution in [1.82, 2.24) is 15.0 Å². The highest BCUT2D eigenvalue weighted by atomic mass is 16.1. The molecule has 0 aliphatic carbocycles. The first kappa shape index (κ1) is 16.8. The highest BCUT2D eigenvalue weighted by Crippen LogP contribution is 2.24. The topological polar surface area (TPSA) is 79.8 Å². The van der Waals surface area contributed by atoms with E-state index in [-0.39, 0.29) is 11.4 Å². The average Bonchev–Trinajstić information content (AvgIpc) is 2.57. The van der Waals surface area contributed by atoms with Crippen LogP contribution in [-0.4, -0.2) is 26.4 Å². The zero-order valence-electron chi connectivity index (χ0n) is 14.8. The molecule has 0 saturated carbocycles. The molecule has 0 saturated heterocycles. The van der Waals surface area contributed by atoms with Crippen LogP contribution in [0.4, 0.5) is 11.8 Å². The normalized spacial score (nSPS) is 11.4. The van der Waals surface area contributed by atoms with Crippen LogP contribution in [-0.2, 0) is 0 Å². The molecule has 0 spiro atoms. The molecule has 0 aliphatic rings. The monoisotopic (exact) mass is 335 g/mol. The largest absolute Gasteiger partial charge is 0.350 e. The molecule has 1 aromatic carbocycles. The molecule has 2 aromatic heterocycles. The van der Waals surface area contributed by atoms with E-state index in [2.05, 4.69) is 25.6 Å². The minimum absolute atomic E-state index is 0.140. The number of nitrogens with one attached hydrogen (secondary N) is 2. The van der Waals surface area contributed by atoms with Gasteiger partial charge in [0.1, 0.15) is 5.82 Å². The molecule has 0 atom stereocenters. The molecule has 0 aliphatic heterocycles. The molecule has 3 aromatic rings. The third kappa shape index (κ3) is 3.91. The van der Waals surface area contributed by atoms with E-state index < -0.39 is 0 Å². The van der Waals surface area contributed by atoms with Gasteiger partial charge in [0.15, 0.2) is 0 Å². The maximum Gasteiger partial charge on any atom is 0.256 e. The van der Waals surface area contributed by atoms with E-state index in [0.717, 1.165) is 11.1 Å². The van der Waals surface area contributed by atoms with Crippen molar-refractivity contribution in [1.29, 1.82) is 0 Å². The fraction of sp³-hybridized carbons (Fsp3) is 0.263. The number of fused-ring (bicyclic) bond motifs is 1. The number of hydrogen-bond donors (Lipinski definition) is 2. The molecular weight excluding hydrogens is 314 g/mol. The number of aryl methyl sites for hydroxylation is 1. The Kier molecular flexibility index (Phi) is 4.35. The summed E-state index contributed by atoms with van der Waals surface area (Å²) in [5.74, 6) is 0.793. The van der Waals surface area contributed by atoms with E-state index in [1.807, 2.05) is 45.9 Å². The molecule has 6 nitrogen and oxygen atoms in total. The van der Waals surface area contributed by atoms with Crippen molar-refractivity contribution in [2.45, 2.75) is 33.2 Å². The molecule has 0 unspecified atom stereocenters. The predicted molar refractivity (Wildman–Crippen MR) is 99.8 cm³/mol. The Morgan fingerprint density at radius 2 is 1.76 bits per heavy atom. The van der Waals surface area contributed by atoms with E-state index in [1.54, 1.807) is 24.5 Å². The van der Waals surface area contributed by atoms with Gasteiger partial charge in [0.05, 0.1) is 10.9 Å². The van der Waals surface area contributed by atoms with E-state index >= 15 is 0 Å².